The molecule has 23 heavy (non-hydrogen) atoms. The zero-order chi connectivity index (χ0) is 16.2. The minimum atomic E-state index is -0.760. The Morgan fingerprint density at radius 1 is 1.39 bits per heavy atom. The summed E-state index contributed by atoms with van der Waals surface area (Å²) in [6.45, 7) is 2.31. The van der Waals surface area contributed by atoms with Gasteiger partial charge in [0.25, 0.3) is 5.56 Å². The van der Waals surface area contributed by atoms with Gasteiger partial charge in [-0.05, 0) is 37.5 Å². The molecule has 1 atom stereocenters. The summed E-state index contributed by atoms with van der Waals surface area (Å²) in [6, 6.07) is 9.25. The number of aryl methyl sites for hydroxylation is 1. The first-order valence-electron chi connectivity index (χ1n) is 8.06. The predicted molar refractivity (Wildman–Crippen MR) is 87.8 cm³/mol. The van der Waals surface area contributed by atoms with Crippen LogP contribution in [0.5, 0.6) is 5.75 Å². The number of benzene rings is 1. The van der Waals surface area contributed by atoms with Crippen molar-refractivity contribution in [2.45, 2.75) is 44.8 Å². The highest BCUT2D eigenvalue weighted by Crippen LogP contribution is 2.34. The second-order valence-corrected chi connectivity index (χ2v) is 6.21. The molecule has 0 spiro atoms. The fraction of sp³-hybridized carbons (Fsp3) is 0.444. The van der Waals surface area contributed by atoms with Crippen molar-refractivity contribution in [3.8, 4) is 5.75 Å². The molecule has 1 unspecified atom stereocenters. The van der Waals surface area contributed by atoms with Crippen LogP contribution in [0, 0.1) is 6.92 Å². The first kappa shape index (κ1) is 15.7. The second kappa shape index (κ2) is 6.96. The van der Waals surface area contributed by atoms with Crippen LogP contribution in [-0.4, -0.2) is 27.4 Å². The number of hydrogen-bond donors (Lipinski definition) is 1. The van der Waals surface area contributed by atoms with Gasteiger partial charge in [-0.1, -0.05) is 18.6 Å². The molecular weight excluding hydrogens is 292 g/mol. The lowest BCUT2D eigenvalue weighted by Crippen LogP contribution is -2.31. The van der Waals surface area contributed by atoms with Crippen LogP contribution in [0.4, 0.5) is 0 Å². The molecule has 5 heteroatoms. The highest BCUT2D eigenvalue weighted by atomic mass is 16.5. The van der Waals surface area contributed by atoms with Crippen molar-refractivity contribution in [3.05, 3.63) is 58.3 Å². The van der Waals surface area contributed by atoms with Crippen LogP contribution in [0.15, 0.2) is 41.5 Å². The van der Waals surface area contributed by atoms with E-state index in [4.69, 9.17) is 4.74 Å². The molecule has 1 aliphatic carbocycles. The van der Waals surface area contributed by atoms with Gasteiger partial charge in [0.2, 0.25) is 0 Å². The highest BCUT2D eigenvalue weighted by Gasteiger charge is 2.21. The number of aliphatic hydroxyl groups excluding tert-OH is 1. The number of hydrogen-bond acceptors (Lipinski definition) is 4. The van der Waals surface area contributed by atoms with Gasteiger partial charge in [0.15, 0.2) is 0 Å². The minimum Gasteiger partial charge on any atom is -0.491 e. The van der Waals surface area contributed by atoms with E-state index in [1.54, 1.807) is 6.07 Å². The van der Waals surface area contributed by atoms with Gasteiger partial charge in [0.1, 0.15) is 18.5 Å². The molecule has 0 radical (unpaired) electrons. The third-order valence-corrected chi connectivity index (χ3v) is 4.26. The Morgan fingerprint density at radius 3 is 2.87 bits per heavy atom. The highest BCUT2D eigenvalue weighted by molar-refractivity contribution is 5.27. The van der Waals surface area contributed by atoms with Crippen LogP contribution in [-0.2, 0) is 6.54 Å². The predicted octanol–water partition coefficient (Wildman–Crippen LogP) is 2.26. The summed E-state index contributed by atoms with van der Waals surface area (Å²) in [5.74, 6) is 1.15. The van der Waals surface area contributed by atoms with Crippen LogP contribution in [0.2, 0.25) is 0 Å². The van der Waals surface area contributed by atoms with Crippen LogP contribution in [0.3, 0.4) is 0 Å². The zero-order valence-electron chi connectivity index (χ0n) is 13.3. The fourth-order valence-electron chi connectivity index (χ4n) is 2.68. The third kappa shape index (κ3) is 3.99. The SMILES string of the molecule is Cc1cccc(OCC(O)Cn2cnc(C3CCC3)cc2=O)c1. The van der Waals surface area contributed by atoms with E-state index < -0.39 is 6.10 Å². The van der Waals surface area contributed by atoms with E-state index in [0.29, 0.717) is 5.92 Å². The van der Waals surface area contributed by atoms with E-state index in [-0.39, 0.29) is 18.7 Å². The van der Waals surface area contributed by atoms with Gasteiger partial charge < -0.3 is 9.84 Å². The molecule has 1 aromatic heterocycles. The summed E-state index contributed by atoms with van der Waals surface area (Å²) in [4.78, 5) is 16.5. The first-order valence-corrected chi connectivity index (χ1v) is 8.06. The standard InChI is InChI=1S/C18H22N2O3/c1-13-4-2-7-16(8-13)23-11-15(21)10-20-12-19-17(9-18(20)22)14-5-3-6-14/h2,4,7-9,12,14-15,21H,3,5-6,10-11H2,1H3. The van der Waals surface area contributed by atoms with Crippen molar-refractivity contribution in [3.63, 3.8) is 0 Å². The topological polar surface area (TPSA) is 64.3 Å². The molecule has 5 nitrogen and oxygen atoms in total. The molecular formula is C18H22N2O3. The molecule has 1 fully saturated rings. The van der Waals surface area contributed by atoms with E-state index in [1.807, 2.05) is 31.2 Å². The van der Waals surface area contributed by atoms with Crippen LogP contribution in [0.25, 0.3) is 0 Å². The summed E-state index contributed by atoms with van der Waals surface area (Å²) in [5, 5.41) is 10.1. The summed E-state index contributed by atoms with van der Waals surface area (Å²) in [6.07, 6.45) is 4.22. The Bertz CT molecular complexity index is 722. The van der Waals surface area contributed by atoms with E-state index in [0.717, 1.165) is 29.8 Å². The van der Waals surface area contributed by atoms with Gasteiger partial charge in [-0.15, -0.1) is 0 Å². The van der Waals surface area contributed by atoms with Gasteiger partial charge in [-0.2, -0.15) is 0 Å². The maximum Gasteiger partial charge on any atom is 0.253 e. The third-order valence-electron chi connectivity index (χ3n) is 4.26. The average Bonchev–Trinajstić information content (AvgIpc) is 2.46. The molecule has 1 N–H and O–H groups in total. The van der Waals surface area contributed by atoms with Crippen molar-refractivity contribution < 1.29 is 9.84 Å². The lowest BCUT2D eigenvalue weighted by molar-refractivity contribution is 0.0912. The summed E-state index contributed by atoms with van der Waals surface area (Å²) in [5.41, 5.74) is 1.86. The Balaban J connectivity index is 1.57. The Morgan fingerprint density at radius 2 is 2.22 bits per heavy atom. The van der Waals surface area contributed by atoms with E-state index >= 15 is 0 Å². The molecule has 3 rings (SSSR count). The number of nitrogens with zero attached hydrogens (tertiary/aromatic N) is 2. The normalized spacial score (nSPS) is 15.9. The molecule has 2 aromatic rings. The molecule has 0 saturated heterocycles. The quantitative estimate of drug-likeness (QED) is 0.888. The molecule has 1 aliphatic rings. The van der Waals surface area contributed by atoms with Crippen molar-refractivity contribution in [2.24, 2.45) is 0 Å². The summed E-state index contributed by atoms with van der Waals surface area (Å²) < 4.78 is 7.00. The van der Waals surface area contributed by atoms with E-state index in [2.05, 4.69) is 4.98 Å². The summed E-state index contributed by atoms with van der Waals surface area (Å²) >= 11 is 0. The van der Waals surface area contributed by atoms with Gasteiger partial charge in [-0.3, -0.25) is 9.36 Å². The average molecular weight is 314 g/mol. The van der Waals surface area contributed by atoms with Crippen molar-refractivity contribution in [1.29, 1.82) is 0 Å². The van der Waals surface area contributed by atoms with Crippen LogP contribution in [0.1, 0.15) is 36.4 Å². The Kier molecular flexibility index (Phi) is 4.76. The van der Waals surface area contributed by atoms with E-state index in [9.17, 15) is 9.90 Å². The molecule has 1 aromatic carbocycles. The monoisotopic (exact) mass is 314 g/mol. The van der Waals surface area contributed by atoms with Crippen LogP contribution >= 0.6 is 0 Å². The van der Waals surface area contributed by atoms with Gasteiger partial charge in [0.05, 0.1) is 18.6 Å². The molecule has 122 valence electrons. The largest absolute Gasteiger partial charge is 0.491 e. The number of aliphatic hydroxyl groups is 1. The zero-order valence-corrected chi connectivity index (χ0v) is 13.3. The van der Waals surface area contributed by atoms with Gasteiger partial charge in [-0.25, -0.2) is 4.98 Å². The van der Waals surface area contributed by atoms with Crippen molar-refractivity contribution in [1.82, 2.24) is 9.55 Å². The maximum absolute atomic E-state index is 12.1. The Labute approximate surface area is 135 Å². The molecule has 0 amide bonds. The van der Waals surface area contributed by atoms with Gasteiger partial charge in [0, 0.05) is 12.0 Å². The molecule has 1 heterocycles. The molecule has 0 bridgehead atoms. The summed E-state index contributed by atoms with van der Waals surface area (Å²) in [7, 11) is 0. The lowest BCUT2D eigenvalue weighted by atomic mass is 9.83. The van der Waals surface area contributed by atoms with Crippen molar-refractivity contribution >= 4 is 0 Å². The number of ether oxygens (including phenoxy) is 1. The Hall–Kier alpha value is -2.14. The second-order valence-electron chi connectivity index (χ2n) is 6.21. The number of aromatic nitrogens is 2. The maximum atomic E-state index is 12.1. The minimum absolute atomic E-state index is 0.114. The molecule has 1 saturated carbocycles. The van der Waals surface area contributed by atoms with Crippen LogP contribution < -0.4 is 10.3 Å². The first-order chi connectivity index (χ1) is 11.1. The fourth-order valence-corrected chi connectivity index (χ4v) is 2.68. The smallest absolute Gasteiger partial charge is 0.253 e. The van der Waals surface area contributed by atoms with Crippen molar-refractivity contribution in [2.75, 3.05) is 6.61 Å². The van der Waals surface area contributed by atoms with Gasteiger partial charge >= 0.3 is 0 Å². The molecule has 0 aliphatic heterocycles. The number of rotatable bonds is 6. The lowest BCUT2D eigenvalue weighted by Gasteiger charge is -2.24. The van der Waals surface area contributed by atoms with E-state index in [1.165, 1.54) is 17.3 Å².